The lowest BCUT2D eigenvalue weighted by Crippen LogP contribution is -2.53. The highest BCUT2D eigenvalue weighted by Crippen LogP contribution is 2.45. The lowest BCUT2D eigenvalue weighted by Gasteiger charge is -2.47. The number of benzene rings is 1. The topological polar surface area (TPSA) is 52.6 Å². The normalized spacial score (nSPS) is 32.1. The zero-order valence-corrected chi connectivity index (χ0v) is 15.3. The van der Waals surface area contributed by atoms with Crippen LogP contribution in [0.5, 0.6) is 0 Å². The highest BCUT2D eigenvalue weighted by molar-refractivity contribution is 6.30. The number of carbonyl (C=O) groups is 2. The third kappa shape index (κ3) is 3.57. The molecule has 1 aliphatic carbocycles. The van der Waals surface area contributed by atoms with Crippen LogP contribution >= 0.6 is 11.6 Å². The van der Waals surface area contributed by atoms with Crippen molar-refractivity contribution < 1.29 is 19.4 Å². The number of allylic oxidation sites excluding steroid dienone is 1. The highest BCUT2D eigenvalue weighted by atomic mass is 35.5. The molecule has 4 nitrogen and oxygen atoms in total. The second-order valence-corrected chi connectivity index (χ2v) is 7.29. The molecule has 0 aromatic heterocycles. The molecule has 4 atom stereocenters. The molecule has 0 amide bonds. The molecule has 2 aliphatic rings. The number of fused-ring (bicyclic) bond motifs is 2. The van der Waals surface area contributed by atoms with Crippen LogP contribution in [0.15, 0.2) is 36.4 Å². The first-order valence-electron chi connectivity index (χ1n) is 8.85. The van der Waals surface area contributed by atoms with E-state index < -0.39 is 5.60 Å². The van der Waals surface area contributed by atoms with Crippen molar-refractivity contribution in [2.75, 3.05) is 0 Å². The van der Waals surface area contributed by atoms with E-state index in [0.717, 1.165) is 12.8 Å². The Balaban J connectivity index is 1.78. The van der Waals surface area contributed by atoms with Gasteiger partial charge >= 0.3 is 0 Å². The molecule has 1 saturated carbocycles. The summed E-state index contributed by atoms with van der Waals surface area (Å²) in [5, 5.41) is 0.590. The van der Waals surface area contributed by atoms with Gasteiger partial charge in [-0.25, -0.2) is 9.78 Å². The van der Waals surface area contributed by atoms with E-state index in [9.17, 15) is 9.59 Å². The van der Waals surface area contributed by atoms with Crippen molar-refractivity contribution in [1.82, 2.24) is 0 Å². The summed E-state index contributed by atoms with van der Waals surface area (Å²) < 4.78 is 0. The summed E-state index contributed by atoms with van der Waals surface area (Å²) in [6.07, 6.45) is 5.79. The third-order valence-electron chi connectivity index (χ3n) is 5.48. The molecule has 1 heterocycles. The highest BCUT2D eigenvalue weighted by Gasteiger charge is 2.51. The van der Waals surface area contributed by atoms with Gasteiger partial charge in [0, 0.05) is 28.8 Å². The van der Waals surface area contributed by atoms with Crippen LogP contribution in [0, 0.1) is 11.8 Å². The minimum atomic E-state index is -0.729. The van der Waals surface area contributed by atoms with Crippen molar-refractivity contribution >= 4 is 23.2 Å². The van der Waals surface area contributed by atoms with E-state index in [-0.39, 0.29) is 29.5 Å². The fourth-order valence-electron chi connectivity index (χ4n) is 3.87. The van der Waals surface area contributed by atoms with Gasteiger partial charge < -0.3 is 0 Å². The van der Waals surface area contributed by atoms with E-state index in [1.165, 1.54) is 6.08 Å². The molecule has 5 heteroatoms. The Kier molecular flexibility index (Phi) is 5.42. The quantitative estimate of drug-likeness (QED) is 0.437. The van der Waals surface area contributed by atoms with Gasteiger partial charge in [0.25, 0.3) is 0 Å². The second-order valence-electron chi connectivity index (χ2n) is 6.85. The van der Waals surface area contributed by atoms with Crippen molar-refractivity contribution in [2.45, 2.75) is 51.2 Å². The van der Waals surface area contributed by atoms with Gasteiger partial charge in [0.05, 0.1) is 0 Å². The molecule has 1 aliphatic heterocycles. The Hall–Kier alpha value is -1.49. The van der Waals surface area contributed by atoms with Gasteiger partial charge in [0.1, 0.15) is 17.5 Å². The zero-order valence-electron chi connectivity index (χ0n) is 14.5. The molecule has 0 unspecified atom stereocenters. The van der Waals surface area contributed by atoms with E-state index in [1.807, 2.05) is 13.8 Å². The molecule has 0 spiro atoms. The first-order chi connectivity index (χ1) is 12.0. The number of halogens is 1. The van der Waals surface area contributed by atoms with Crippen molar-refractivity contribution in [2.24, 2.45) is 11.8 Å². The third-order valence-corrected chi connectivity index (χ3v) is 5.73. The summed E-state index contributed by atoms with van der Waals surface area (Å²) in [5.74, 6) is 0.0812. The summed E-state index contributed by atoms with van der Waals surface area (Å²) in [6, 6.07) is 6.76. The number of rotatable bonds is 5. The van der Waals surface area contributed by atoms with Gasteiger partial charge in [0.2, 0.25) is 0 Å². The van der Waals surface area contributed by atoms with Crippen molar-refractivity contribution in [3.63, 3.8) is 0 Å². The summed E-state index contributed by atoms with van der Waals surface area (Å²) in [5.41, 5.74) is -0.167. The first kappa shape index (κ1) is 18.3. The van der Waals surface area contributed by atoms with Gasteiger partial charge in [-0.15, -0.1) is 0 Å². The molecule has 1 saturated heterocycles. The maximum absolute atomic E-state index is 12.4. The monoisotopic (exact) mass is 362 g/mol. The molecule has 1 aromatic carbocycles. The van der Waals surface area contributed by atoms with E-state index in [0.29, 0.717) is 23.4 Å². The number of hydrogen-bond donors (Lipinski definition) is 0. The first-order valence-corrected chi connectivity index (χ1v) is 9.23. The molecule has 25 heavy (non-hydrogen) atoms. The Morgan fingerprint density at radius 2 is 2.04 bits per heavy atom. The molecule has 3 rings (SSSR count). The Labute approximate surface area is 153 Å². The Bertz CT molecular complexity index is 681. The zero-order chi connectivity index (χ0) is 18.0. The van der Waals surface area contributed by atoms with Gasteiger partial charge in [-0.2, -0.15) is 0 Å². The van der Waals surface area contributed by atoms with Crippen molar-refractivity contribution in [3.8, 4) is 0 Å². The molecular formula is C20H23ClO4. The molecule has 1 aromatic rings. The van der Waals surface area contributed by atoms with Crippen LogP contribution in [-0.2, 0) is 14.6 Å². The van der Waals surface area contributed by atoms with E-state index in [2.05, 4.69) is 0 Å². The molecule has 0 radical (unpaired) electrons. The number of ketones is 2. The molecule has 2 bridgehead atoms. The summed E-state index contributed by atoms with van der Waals surface area (Å²) in [6.45, 7) is 3.98. The second kappa shape index (κ2) is 7.40. The standard InChI is InChI=1S/C20H23ClO4/c1-3-16-18(23)11-14-12-19(16)24-25-20(14,4-2)10-9-17(22)13-5-7-15(21)8-6-13/h5-10,14,16,19H,3-4,11-12H2,1-2H3/t14-,16+,19-,20-/m1/s1. The fourth-order valence-corrected chi connectivity index (χ4v) is 4.00. The van der Waals surface area contributed by atoms with Crippen LogP contribution in [0.1, 0.15) is 49.9 Å². The fraction of sp³-hybridized carbons (Fsp3) is 0.500. The van der Waals surface area contributed by atoms with Crippen LogP contribution in [-0.4, -0.2) is 23.3 Å². The molecule has 0 N–H and O–H groups in total. The SMILES string of the molecule is CC[C@H]1C(=O)C[C@@H]2C[C@H]1OO[C@@]2(C=CC(=O)c1ccc(Cl)cc1)CC. The minimum Gasteiger partial charge on any atom is -0.299 e. The summed E-state index contributed by atoms with van der Waals surface area (Å²) in [7, 11) is 0. The van der Waals surface area contributed by atoms with Crippen LogP contribution in [0.25, 0.3) is 0 Å². The van der Waals surface area contributed by atoms with Crippen LogP contribution in [0.2, 0.25) is 5.02 Å². The maximum Gasteiger partial charge on any atom is 0.185 e. The van der Waals surface area contributed by atoms with Gasteiger partial charge in [-0.05, 0) is 55.7 Å². The lowest BCUT2D eigenvalue weighted by atomic mass is 9.69. The van der Waals surface area contributed by atoms with E-state index in [1.54, 1.807) is 30.3 Å². The van der Waals surface area contributed by atoms with Crippen LogP contribution in [0.4, 0.5) is 0 Å². The van der Waals surface area contributed by atoms with E-state index in [4.69, 9.17) is 21.4 Å². The largest absolute Gasteiger partial charge is 0.299 e. The Morgan fingerprint density at radius 1 is 1.32 bits per heavy atom. The predicted molar refractivity (Wildman–Crippen MR) is 95.4 cm³/mol. The average molecular weight is 363 g/mol. The molecule has 134 valence electrons. The number of carbonyl (C=O) groups excluding carboxylic acids is 2. The number of Topliss-reactive ketones (excluding diaryl/α,β-unsaturated/α-hetero) is 1. The molecular weight excluding hydrogens is 340 g/mol. The van der Waals surface area contributed by atoms with Crippen molar-refractivity contribution in [3.05, 3.63) is 47.0 Å². The Morgan fingerprint density at radius 3 is 2.68 bits per heavy atom. The molecule has 2 fully saturated rings. The number of hydrogen-bond acceptors (Lipinski definition) is 4. The smallest absolute Gasteiger partial charge is 0.185 e. The average Bonchev–Trinajstić information content (AvgIpc) is 2.62. The van der Waals surface area contributed by atoms with Crippen LogP contribution in [0.3, 0.4) is 0 Å². The lowest BCUT2D eigenvalue weighted by molar-refractivity contribution is -0.420. The predicted octanol–water partition coefficient (Wildman–Crippen LogP) is 4.56. The van der Waals surface area contributed by atoms with Gasteiger partial charge in [-0.1, -0.05) is 25.4 Å². The van der Waals surface area contributed by atoms with Gasteiger partial charge in [-0.3, -0.25) is 9.59 Å². The maximum atomic E-state index is 12.4. The minimum absolute atomic E-state index is 0.0424. The summed E-state index contributed by atoms with van der Waals surface area (Å²) >= 11 is 5.86. The van der Waals surface area contributed by atoms with Gasteiger partial charge in [0.15, 0.2) is 5.78 Å². The summed E-state index contributed by atoms with van der Waals surface area (Å²) in [4.78, 5) is 36.1. The van der Waals surface area contributed by atoms with E-state index >= 15 is 0 Å². The van der Waals surface area contributed by atoms with Crippen LogP contribution < -0.4 is 0 Å². The van der Waals surface area contributed by atoms with Crippen molar-refractivity contribution in [1.29, 1.82) is 0 Å².